The SMILES string of the molecule is COc1cc(C)c(N)cc1S(=O)(=O)NCCSCCCO. The highest BCUT2D eigenvalue weighted by molar-refractivity contribution is 7.99. The molecule has 6 nitrogen and oxygen atoms in total. The Bertz CT molecular complexity index is 562. The fourth-order valence-corrected chi connectivity index (χ4v) is 3.77. The third kappa shape index (κ3) is 5.39. The summed E-state index contributed by atoms with van der Waals surface area (Å²) in [4.78, 5) is 0.0495. The van der Waals surface area contributed by atoms with Crippen molar-refractivity contribution in [1.82, 2.24) is 4.72 Å². The highest BCUT2D eigenvalue weighted by Gasteiger charge is 2.20. The van der Waals surface area contributed by atoms with Crippen molar-refractivity contribution in [2.24, 2.45) is 0 Å². The van der Waals surface area contributed by atoms with Crippen molar-refractivity contribution in [3.8, 4) is 5.75 Å². The highest BCUT2D eigenvalue weighted by Crippen LogP contribution is 2.28. The molecule has 0 aliphatic heterocycles. The Morgan fingerprint density at radius 2 is 2.10 bits per heavy atom. The molecule has 1 aromatic carbocycles. The molecule has 0 unspecified atom stereocenters. The van der Waals surface area contributed by atoms with E-state index in [2.05, 4.69) is 4.72 Å². The van der Waals surface area contributed by atoms with Crippen molar-refractivity contribution in [3.05, 3.63) is 17.7 Å². The van der Waals surface area contributed by atoms with Crippen LogP contribution in [0.5, 0.6) is 5.75 Å². The molecule has 0 saturated carbocycles. The summed E-state index contributed by atoms with van der Waals surface area (Å²) < 4.78 is 32.2. The van der Waals surface area contributed by atoms with Gasteiger partial charge in [-0.1, -0.05) is 0 Å². The molecule has 0 spiro atoms. The second kappa shape index (κ2) is 8.47. The fourth-order valence-electron chi connectivity index (χ4n) is 1.64. The van der Waals surface area contributed by atoms with E-state index in [1.807, 2.05) is 0 Å². The van der Waals surface area contributed by atoms with E-state index in [4.69, 9.17) is 15.6 Å². The smallest absolute Gasteiger partial charge is 0.244 e. The van der Waals surface area contributed by atoms with Crippen LogP contribution in [0.15, 0.2) is 17.0 Å². The molecular formula is C13H22N2O4S2. The number of aliphatic hydroxyl groups excluding tert-OH is 1. The Morgan fingerprint density at radius 3 is 2.71 bits per heavy atom. The molecule has 1 rings (SSSR count). The van der Waals surface area contributed by atoms with Crippen LogP contribution in [-0.2, 0) is 10.0 Å². The minimum Gasteiger partial charge on any atom is -0.495 e. The first-order chi connectivity index (χ1) is 9.92. The number of benzene rings is 1. The molecule has 1 aromatic rings. The molecule has 8 heteroatoms. The molecule has 21 heavy (non-hydrogen) atoms. The molecule has 0 atom stereocenters. The summed E-state index contributed by atoms with van der Waals surface area (Å²) >= 11 is 1.59. The van der Waals surface area contributed by atoms with E-state index >= 15 is 0 Å². The average Bonchev–Trinajstić information content (AvgIpc) is 2.45. The molecule has 0 amide bonds. The first-order valence-electron chi connectivity index (χ1n) is 6.54. The van der Waals surface area contributed by atoms with Crippen molar-refractivity contribution in [3.63, 3.8) is 0 Å². The van der Waals surface area contributed by atoms with Gasteiger partial charge in [-0.05, 0) is 36.8 Å². The maximum atomic E-state index is 12.3. The number of aryl methyl sites for hydroxylation is 1. The monoisotopic (exact) mass is 334 g/mol. The number of methoxy groups -OCH3 is 1. The topological polar surface area (TPSA) is 102 Å². The number of nitrogens with two attached hydrogens (primary N) is 1. The van der Waals surface area contributed by atoms with Gasteiger partial charge in [0.1, 0.15) is 10.6 Å². The van der Waals surface area contributed by atoms with Crippen LogP contribution in [0, 0.1) is 6.92 Å². The lowest BCUT2D eigenvalue weighted by molar-refractivity contribution is 0.296. The first kappa shape index (κ1) is 18.1. The van der Waals surface area contributed by atoms with E-state index in [0.29, 0.717) is 24.4 Å². The lowest BCUT2D eigenvalue weighted by atomic mass is 10.2. The number of thioether (sulfide) groups is 1. The molecule has 0 radical (unpaired) electrons. The van der Waals surface area contributed by atoms with E-state index in [0.717, 1.165) is 11.3 Å². The Balaban J connectivity index is 2.72. The summed E-state index contributed by atoms with van der Waals surface area (Å²) in [5.74, 6) is 1.73. The maximum absolute atomic E-state index is 12.3. The van der Waals surface area contributed by atoms with Gasteiger partial charge in [-0.15, -0.1) is 0 Å². The average molecular weight is 334 g/mol. The second-order valence-corrected chi connectivity index (χ2v) is 7.41. The Labute approximate surface area is 130 Å². The van der Waals surface area contributed by atoms with Crippen LogP contribution >= 0.6 is 11.8 Å². The normalized spacial score (nSPS) is 11.6. The number of aliphatic hydroxyl groups is 1. The zero-order valence-electron chi connectivity index (χ0n) is 12.3. The molecule has 0 saturated heterocycles. The molecule has 0 aromatic heterocycles. The standard InChI is InChI=1S/C13H22N2O4S2/c1-10-8-12(19-2)13(9-11(10)14)21(17,18)15-4-7-20-6-3-5-16/h8-9,15-16H,3-7,14H2,1-2H3. The van der Waals surface area contributed by atoms with Gasteiger partial charge in [0.2, 0.25) is 10.0 Å². The Hall–Kier alpha value is -0.960. The molecule has 0 aliphatic carbocycles. The number of nitrogens with one attached hydrogen (secondary N) is 1. The zero-order valence-corrected chi connectivity index (χ0v) is 13.9. The lowest BCUT2D eigenvalue weighted by Gasteiger charge is -2.13. The van der Waals surface area contributed by atoms with Gasteiger partial charge >= 0.3 is 0 Å². The lowest BCUT2D eigenvalue weighted by Crippen LogP contribution is -2.26. The summed E-state index contributed by atoms with van der Waals surface area (Å²) in [6.45, 7) is 2.26. The molecule has 0 heterocycles. The summed E-state index contributed by atoms with van der Waals surface area (Å²) in [5, 5.41) is 8.66. The fraction of sp³-hybridized carbons (Fsp3) is 0.538. The molecule has 0 aliphatic rings. The third-order valence-corrected chi connectivity index (χ3v) is 5.38. The van der Waals surface area contributed by atoms with Crippen molar-refractivity contribution >= 4 is 27.5 Å². The number of sulfonamides is 1. The minimum absolute atomic E-state index is 0.0495. The zero-order chi connectivity index (χ0) is 15.9. The number of anilines is 1. The Morgan fingerprint density at radius 1 is 1.38 bits per heavy atom. The number of ether oxygens (including phenoxy) is 1. The van der Waals surface area contributed by atoms with Crippen LogP contribution in [0.25, 0.3) is 0 Å². The largest absolute Gasteiger partial charge is 0.495 e. The molecule has 4 N–H and O–H groups in total. The van der Waals surface area contributed by atoms with Gasteiger partial charge < -0.3 is 15.6 Å². The van der Waals surface area contributed by atoms with Gasteiger partial charge in [0.15, 0.2) is 0 Å². The van der Waals surface area contributed by atoms with Crippen molar-refractivity contribution < 1.29 is 18.3 Å². The molecule has 0 bridgehead atoms. The van der Waals surface area contributed by atoms with E-state index in [1.54, 1.807) is 24.8 Å². The van der Waals surface area contributed by atoms with Crippen LogP contribution < -0.4 is 15.2 Å². The van der Waals surface area contributed by atoms with E-state index < -0.39 is 10.0 Å². The van der Waals surface area contributed by atoms with Crippen molar-refractivity contribution in [2.45, 2.75) is 18.2 Å². The van der Waals surface area contributed by atoms with Crippen LogP contribution in [0.2, 0.25) is 0 Å². The molecular weight excluding hydrogens is 312 g/mol. The summed E-state index contributed by atoms with van der Waals surface area (Å²) in [5.41, 5.74) is 6.95. The maximum Gasteiger partial charge on any atom is 0.244 e. The van der Waals surface area contributed by atoms with E-state index in [1.165, 1.54) is 13.2 Å². The van der Waals surface area contributed by atoms with Gasteiger partial charge in [0.05, 0.1) is 7.11 Å². The minimum atomic E-state index is -3.65. The predicted molar refractivity (Wildman–Crippen MR) is 86.4 cm³/mol. The number of hydrogen-bond acceptors (Lipinski definition) is 6. The number of nitrogen functional groups attached to an aromatic ring is 1. The van der Waals surface area contributed by atoms with Crippen LogP contribution in [0.3, 0.4) is 0 Å². The highest BCUT2D eigenvalue weighted by atomic mass is 32.2. The Kier molecular flexibility index (Phi) is 7.30. The van der Waals surface area contributed by atoms with Gasteiger partial charge in [-0.3, -0.25) is 0 Å². The van der Waals surface area contributed by atoms with Crippen LogP contribution in [0.1, 0.15) is 12.0 Å². The van der Waals surface area contributed by atoms with Crippen LogP contribution in [0.4, 0.5) is 5.69 Å². The quantitative estimate of drug-likeness (QED) is 0.460. The van der Waals surface area contributed by atoms with Crippen molar-refractivity contribution in [1.29, 1.82) is 0 Å². The summed E-state index contributed by atoms with van der Waals surface area (Å²) in [6.07, 6.45) is 0.708. The van der Waals surface area contributed by atoms with Gasteiger partial charge in [0, 0.05) is 24.6 Å². The van der Waals surface area contributed by atoms with Gasteiger partial charge in [-0.2, -0.15) is 11.8 Å². The molecule has 120 valence electrons. The van der Waals surface area contributed by atoms with Crippen LogP contribution in [-0.4, -0.2) is 45.3 Å². The predicted octanol–water partition coefficient (Wildman–Crippen LogP) is 0.980. The summed E-state index contributed by atoms with van der Waals surface area (Å²) in [6, 6.07) is 3.02. The van der Waals surface area contributed by atoms with Crippen molar-refractivity contribution in [2.75, 3.05) is 37.5 Å². The second-order valence-electron chi connectivity index (χ2n) is 4.45. The third-order valence-electron chi connectivity index (χ3n) is 2.83. The molecule has 0 fully saturated rings. The first-order valence-corrected chi connectivity index (χ1v) is 9.18. The van der Waals surface area contributed by atoms with Gasteiger partial charge in [0.25, 0.3) is 0 Å². The van der Waals surface area contributed by atoms with Gasteiger partial charge in [-0.25, -0.2) is 13.1 Å². The number of rotatable bonds is 9. The van der Waals surface area contributed by atoms with E-state index in [9.17, 15) is 8.42 Å². The number of hydrogen-bond donors (Lipinski definition) is 3. The van der Waals surface area contributed by atoms with E-state index in [-0.39, 0.29) is 17.3 Å². The summed E-state index contributed by atoms with van der Waals surface area (Å²) in [7, 11) is -2.23.